The largest absolute Gasteiger partial charge is 0.508 e. The summed E-state index contributed by atoms with van der Waals surface area (Å²) >= 11 is 0. The smallest absolute Gasteiger partial charge is 0.231 e. The third-order valence-electron chi connectivity index (χ3n) is 2.95. The minimum atomic E-state index is -0.326. The highest BCUT2D eigenvalue weighted by Gasteiger charge is 2.27. The van der Waals surface area contributed by atoms with Crippen LogP contribution in [0.5, 0.6) is 23.0 Å². The topological polar surface area (TPSA) is 87.0 Å². The maximum absolute atomic E-state index is 12.1. The van der Waals surface area contributed by atoms with Crippen LogP contribution in [0.25, 0.3) is 6.08 Å². The van der Waals surface area contributed by atoms with Crippen molar-refractivity contribution in [2.75, 3.05) is 0 Å². The Balaban J connectivity index is 2.01. The van der Waals surface area contributed by atoms with Crippen LogP contribution < -0.4 is 4.74 Å². The Kier molecular flexibility index (Phi) is 2.61. The highest BCUT2D eigenvalue weighted by Crippen LogP contribution is 2.35. The fraction of sp³-hybridized carbons (Fsp3) is 0. The van der Waals surface area contributed by atoms with E-state index in [2.05, 4.69) is 0 Å². The Hall–Kier alpha value is -2.95. The van der Waals surface area contributed by atoms with Gasteiger partial charge in [0.15, 0.2) is 5.76 Å². The van der Waals surface area contributed by atoms with Gasteiger partial charge in [-0.05, 0) is 30.3 Å². The summed E-state index contributed by atoms with van der Waals surface area (Å²) in [7, 11) is 0. The average Bonchev–Trinajstić information content (AvgIpc) is 2.69. The first-order valence-corrected chi connectivity index (χ1v) is 5.84. The first kappa shape index (κ1) is 12.1. The van der Waals surface area contributed by atoms with Crippen LogP contribution >= 0.6 is 0 Å². The average molecular weight is 270 g/mol. The van der Waals surface area contributed by atoms with Gasteiger partial charge >= 0.3 is 0 Å². The molecule has 0 saturated carbocycles. The van der Waals surface area contributed by atoms with Gasteiger partial charge in [-0.1, -0.05) is 0 Å². The second kappa shape index (κ2) is 4.31. The van der Waals surface area contributed by atoms with Gasteiger partial charge in [0.25, 0.3) is 0 Å². The van der Waals surface area contributed by atoms with Crippen molar-refractivity contribution < 1.29 is 24.9 Å². The van der Waals surface area contributed by atoms with Crippen LogP contribution in [0.2, 0.25) is 0 Å². The van der Waals surface area contributed by atoms with Crippen molar-refractivity contribution in [2.24, 2.45) is 0 Å². The predicted octanol–water partition coefficient (Wildman–Crippen LogP) is 2.42. The normalized spacial score (nSPS) is 15.2. The molecule has 0 saturated heterocycles. The van der Waals surface area contributed by atoms with E-state index in [0.29, 0.717) is 11.1 Å². The van der Waals surface area contributed by atoms with Crippen molar-refractivity contribution >= 4 is 11.9 Å². The molecule has 0 unspecified atom stereocenters. The van der Waals surface area contributed by atoms with Gasteiger partial charge in [-0.3, -0.25) is 4.79 Å². The van der Waals surface area contributed by atoms with Crippen molar-refractivity contribution in [3.8, 4) is 23.0 Å². The Bertz CT molecular complexity index is 746. The van der Waals surface area contributed by atoms with E-state index < -0.39 is 0 Å². The van der Waals surface area contributed by atoms with Gasteiger partial charge in [-0.15, -0.1) is 0 Å². The molecule has 0 radical (unpaired) electrons. The number of allylic oxidation sites excluding steroid dienone is 1. The van der Waals surface area contributed by atoms with E-state index in [9.17, 15) is 20.1 Å². The number of hydrogen-bond acceptors (Lipinski definition) is 5. The Labute approximate surface area is 114 Å². The van der Waals surface area contributed by atoms with Gasteiger partial charge in [0.1, 0.15) is 23.0 Å². The maximum atomic E-state index is 12.1. The zero-order valence-electron chi connectivity index (χ0n) is 10.2. The second-order valence-electron chi connectivity index (χ2n) is 4.36. The molecule has 0 bridgehead atoms. The molecule has 1 aliphatic heterocycles. The van der Waals surface area contributed by atoms with Gasteiger partial charge in [0.2, 0.25) is 5.78 Å². The third kappa shape index (κ3) is 1.95. The molecule has 0 atom stereocenters. The van der Waals surface area contributed by atoms with E-state index in [0.717, 1.165) is 0 Å². The van der Waals surface area contributed by atoms with Gasteiger partial charge in [0.05, 0.1) is 5.56 Å². The molecule has 1 aliphatic rings. The van der Waals surface area contributed by atoms with E-state index in [1.54, 1.807) is 0 Å². The number of ether oxygens (including phenoxy) is 1. The third-order valence-corrected chi connectivity index (χ3v) is 2.95. The Morgan fingerprint density at radius 1 is 0.950 bits per heavy atom. The standard InChI is InChI=1S/C15H10O5/c16-9-2-1-8(12(18)6-9)5-14-15(19)11-4-3-10(17)7-13(11)20-14/h1-7,16-18H/b14-5-. The number of hydrogen-bond donors (Lipinski definition) is 3. The number of phenolic OH excluding ortho intramolecular Hbond substituents is 3. The number of Topliss-reactive ketones (excluding diaryl/α,β-unsaturated/α-hetero) is 1. The van der Waals surface area contributed by atoms with Crippen molar-refractivity contribution in [2.45, 2.75) is 0 Å². The summed E-state index contributed by atoms with van der Waals surface area (Å²) in [6.07, 6.45) is 1.38. The lowest BCUT2D eigenvalue weighted by Crippen LogP contribution is -1.98. The van der Waals surface area contributed by atoms with Crippen molar-refractivity contribution in [1.82, 2.24) is 0 Å². The van der Waals surface area contributed by atoms with E-state index in [1.165, 1.54) is 42.5 Å². The molecular formula is C15H10O5. The highest BCUT2D eigenvalue weighted by atomic mass is 16.5. The van der Waals surface area contributed by atoms with Crippen LogP contribution in [0.15, 0.2) is 42.2 Å². The van der Waals surface area contributed by atoms with E-state index in [-0.39, 0.29) is 34.5 Å². The van der Waals surface area contributed by atoms with Crippen LogP contribution in [-0.4, -0.2) is 21.1 Å². The number of aromatic hydroxyl groups is 3. The molecule has 0 aromatic heterocycles. The monoisotopic (exact) mass is 270 g/mol. The molecule has 100 valence electrons. The molecule has 0 aliphatic carbocycles. The zero-order valence-corrected chi connectivity index (χ0v) is 10.2. The van der Waals surface area contributed by atoms with Crippen molar-refractivity contribution in [1.29, 1.82) is 0 Å². The summed E-state index contributed by atoms with van der Waals surface area (Å²) in [5.74, 6) is -0.229. The lowest BCUT2D eigenvalue weighted by molar-refractivity contribution is 0.101. The summed E-state index contributed by atoms with van der Waals surface area (Å²) in [4.78, 5) is 12.1. The SMILES string of the molecule is O=C1/C(=C/c2ccc(O)cc2O)Oc2cc(O)ccc21. The lowest BCUT2D eigenvalue weighted by atomic mass is 10.1. The molecule has 1 heterocycles. The second-order valence-corrected chi connectivity index (χ2v) is 4.36. The summed E-state index contributed by atoms with van der Waals surface area (Å²) in [5, 5.41) is 28.3. The molecule has 3 rings (SSSR count). The molecule has 0 fully saturated rings. The molecule has 5 heteroatoms. The van der Waals surface area contributed by atoms with Crippen LogP contribution in [0.1, 0.15) is 15.9 Å². The number of benzene rings is 2. The quantitative estimate of drug-likeness (QED) is 0.693. The lowest BCUT2D eigenvalue weighted by Gasteiger charge is -2.01. The number of carbonyl (C=O) groups excluding carboxylic acids is 1. The van der Waals surface area contributed by atoms with Gasteiger partial charge in [0, 0.05) is 17.7 Å². The summed E-state index contributed by atoms with van der Waals surface area (Å²) in [6.45, 7) is 0. The minimum Gasteiger partial charge on any atom is -0.508 e. The van der Waals surface area contributed by atoms with E-state index >= 15 is 0 Å². The molecule has 5 nitrogen and oxygen atoms in total. The Morgan fingerprint density at radius 3 is 2.40 bits per heavy atom. The number of carbonyl (C=O) groups is 1. The molecule has 3 N–H and O–H groups in total. The Morgan fingerprint density at radius 2 is 1.65 bits per heavy atom. The van der Waals surface area contributed by atoms with Crippen molar-refractivity contribution in [3.63, 3.8) is 0 Å². The first-order valence-electron chi connectivity index (χ1n) is 5.84. The molecule has 2 aromatic carbocycles. The van der Waals surface area contributed by atoms with Gasteiger partial charge in [-0.2, -0.15) is 0 Å². The molecule has 0 spiro atoms. The maximum Gasteiger partial charge on any atom is 0.231 e. The molecule has 0 amide bonds. The highest BCUT2D eigenvalue weighted by molar-refractivity contribution is 6.14. The molecule has 2 aromatic rings. The first-order chi connectivity index (χ1) is 9.54. The van der Waals surface area contributed by atoms with Crippen LogP contribution in [0.3, 0.4) is 0 Å². The summed E-state index contributed by atoms with van der Waals surface area (Å²) in [6, 6.07) is 8.26. The number of rotatable bonds is 1. The van der Waals surface area contributed by atoms with Crippen molar-refractivity contribution in [3.05, 3.63) is 53.3 Å². The predicted molar refractivity (Wildman–Crippen MR) is 70.8 cm³/mol. The zero-order chi connectivity index (χ0) is 14.3. The number of fused-ring (bicyclic) bond motifs is 1. The van der Waals surface area contributed by atoms with Crippen LogP contribution in [-0.2, 0) is 0 Å². The van der Waals surface area contributed by atoms with Crippen LogP contribution in [0.4, 0.5) is 0 Å². The van der Waals surface area contributed by atoms with Gasteiger partial charge < -0.3 is 20.1 Å². The molecule has 20 heavy (non-hydrogen) atoms. The van der Waals surface area contributed by atoms with Crippen LogP contribution in [0, 0.1) is 0 Å². The summed E-state index contributed by atoms with van der Waals surface area (Å²) < 4.78 is 5.37. The number of phenols is 3. The van der Waals surface area contributed by atoms with E-state index in [4.69, 9.17) is 4.74 Å². The fourth-order valence-corrected chi connectivity index (χ4v) is 1.97. The molecular weight excluding hydrogens is 260 g/mol. The number of ketones is 1. The minimum absolute atomic E-state index is 0.00489. The fourth-order valence-electron chi connectivity index (χ4n) is 1.97. The summed E-state index contributed by atoms with van der Waals surface area (Å²) in [5.41, 5.74) is 0.704. The van der Waals surface area contributed by atoms with Gasteiger partial charge in [-0.25, -0.2) is 0 Å². The van der Waals surface area contributed by atoms with E-state index in [1.807, 2.05) is 0 Å².